The number of methoxy groups -OCH3 is 1. The molecular weight excluding hydrogens is 745 g/mol. The maximum absolute atomic E-state index is 13.5. The Bertz CT molecular complexity index is 2320. The van der Waals surface area contributed by atoms with Crippen LogP contribution in [0.2, 0.25) is 0 Å². The number of benzene rings is 3. The molecule has 0 radical (unpaired) electrons. The van der Waals surface area contributed by atoms with Crippen LogP contribution in [-0.4, -0.2) is 91.4 Å². The molecule has 1 aliphatic rings. The Balaban J connectivity index is 1.45. The molecule has 0 aliphatic carbocycles. The van der Waals surface area contributed by atoms with Gasteiger partial charge in [-0.2, -0.15) is 9.78 Å². The molecular formula is C42H54N8O6S. The monoisotopic (exact) mass is 798 g/mol. The Morgan fingerprint density at radius 1 is 0.947 bits per heavy atom. The first-order valence-electron chi connectivity index (χ1n) is 18.9. The fourth-order valence-corrected chi connectivity index (χ4v) is 7.48. The summed E-state index contributed by atoms with van der Waals surface area (Å²) in [5.41, 5.74) is 7.49. The minimum Gasteiger partial charge on any atom is -0.497 e. The highest BCUT2D eigenvalue weighted by Gasteiger charge is 2.36. The highest BCUT2D eigenvalue weighted by atomic mass is 32.2. The zero-order chi connectivity index (χ0) is 41.8. The predicted molar refractivity (Wildman–Crippen MR) is 226 cm³/mol. The molecule has 0 bridgehead atoms. The molecule has 1 aliphatic heterocycles. The van der Waals surface area contributed by atoms with Gasteiger partial charge < -0.3 is 25.0 Å². The van der Waals surface area contributed by atoms with E-state index in [9.17, 15) is 18.0 Å². The van der Waals surface area contributed by atoms with Crippen molar-refractivity contribution < 1.29 is 27.5 Å². The predicted octanol–water partition coefficient (Wildman–Crippen LogP) is 6.36. The molecule has 0 spiro atoms. The largest absolute Gasteiger partial charge is 0.497 e. The van der Waals surface area contributed by atoms with Crippen molar-refractivity contribution in [2.45, 2.75) is 74.8 Å². The first-order chi connectivity index (χ1) is 26.8. The van der Waals surface area contributed by atoms with Gasteiger partial charge in [-0.25, -0.2) is 13.4 Å². The molecule has 2 heterocycles. The van der Waals surface area contributed by atoms with Crippen molar-refractivity contribution in [3.05, 3.63) is 76.6 Å². The molecule has 15 heteroatoms. The van der Waals surface area contributed by atoms with Crippen molar-refractivity contribution >= 4 is 50.1 Å². The molecule has 1 atom stereocenters. The second-order valence-corrected chi connectivity index (χ2v) is 17.7. The van der Waals surface area contributed by atoms with Gasteiger partial charge >= 0.3 is 0 Å². The fourth-order valence-electron chi connectivity index (χ4n) is 6.82. The van der Waals surface area contributed by atoms with E-state index in [4.69, 9.17) is 19.6 Å². The van der Waals surface area contributed by atoms with Crippen molar-refractivity contribution in [1.29, 1.82) is 0 Å². The quantitative estimate of drug-likeness (QED) is 0.139. The van der Waals surface area contributed by atoms with E-state index in [0.29, 0.717) is 36.2 Å². The molecule has 3 aromatic carbocycles. The number of carbonyl (C=O) groups is 2. The number of hydrogen-bond acceptors (Lipinski definition) is 11. The number of anilines is 2. The highest BCUT2D eigenvalue weighted by Crippen LogP contribution is 2.37. The van der Waals surface area contributed by atoms with Gasteiger partial charge in [-0.3, -0.25) is 9.59 Å². The van der Waals surface area contributed by atoms with E-state index < -0.39 is 33.1 Å². The number of aliphatic imine (C=N–C) groups is 1. The molecule has 0 fully saturated rings. The molecule has 2 amide bonds. The van der Waals surface area contributed by atoms with E-state index in [0.717, 1.165) is 69.2 Å². The number of aromatic nitrogens is 3. The Morgan fingerprint density at radius 3 is 2.21 bits per heavy atom. The zero-order valence-electron chi connectivity index (χ0n) is 34.8. The number of nitrogens with one attached hydrogen (secondary N) is 2. The van der Waals surface area contributed by atoms with Crippen molar-refractivity contribution in [1.82, 2.24) is 20.2 Å². The third kappa shape index (κ3) is 10.1. The molecule has 1 unspecified atom stereocenters. The lowest BCUT2D eigenvalue weighted by molar-refractivity contribution is -0.125. The first-order valence-corrected chi connectivity index (χ1v) is 21.0. The highest BCUT2D eigenvalue weighted by molar-refractivity contribution is 7.90. The van der Waals surface area contributed by atoms with Crippen molar-refractivity contribution in [3.8, 4) is 22.9 Å². The number of nitrogens with zero attached hydrogens (tertiary/aromatic N) is 6. The summed E-state index contributed by atoms with van der Waals surface area (Å²) in [7, 11) is -1.73. The van der Waals surface area contributed by atoms with Crippen LogP contribution in [0.3, 0.4) is 0 Å². The van der Waals surface area contributed by atoms with E-state index in [1.807, 2.05) is 64.1 Å². The van der Waals surface area contributed by atoms with Gasteiger partial charge in [-0.05, 0) is 106 Å². The standard InChI is InChI=1S/C42H54N8O6S/c1-12-49(20-21-56-32-16-14-31(55-10)15-17-32)30-13-18-33(25(2)24-30)44-37-38(42(7,8)9)48-50-39(46-47-40(37)50)35-26(3)23-27(4)36(28(35)5)45-41(52)34(43-29(6)51)19-22-57(11,53)54/h13-18,23-24,34H,12,19-22H2,1-11H3,(H,43,51)(H,45,52)/b44-37-. The Kier molecular flexibility index (Phi) is 12.9. The van der Waals surface area contributed by atoms with Crippen LogP contribution in [0.5, 0.6) is 11.5 Å². The van der Waals surface area contributed by atoms with E-state index in [1.54, 1.807) is 11.8 Å². The summed E-state index contributed by atoms with van der Waals surface area (Å²) < 4.78 is 36.7. The molecule has 14 nitrogen and oxygen atoms in total. The van der Waals surface area contributed by atoms with Crippen LogP contribution in [0.4, 0.5) is 17.1 Å². The summed E-state index contributed by atoms with van der Waals surface area (Å²) in [6.45, 7) is 19.4. The molecule has 1 aromatic heterocycles. The first kappa shape index (κ1) is 42.6. The van der Waals surface area contributed by atoms with Crippen LogP contribution in [0.15, 0.2) is 58.6 Å². The van der Waals surface area contributed by atoms with Gasteiger partial charge in [0.15, 0.2) is 5.82 Å². The Morgan fingerprint density at radius 2 is 1.61 bits per heavy atom. The third-order valence-electron chi connectivity index (χ3n) is 9.75. The summed E-state index contributed by atoms with van der Waals surface area (Å²) in [5.74, 6) is 1.34. The molecule has 0 saturated carbocycles. The average Bonchev–Trinajstić information content (AvgIpc) is 3.71. The van der Waals surface area contributed by atoms with Crippen molar-refractivity contribution in [2.24, 2.45) is 15.5 Å². The average molecular weight is 799 g/mol. The van der Waals surface area contributed by atoms with Crippen molar-refractivity contribution in [2.75, 3.05) is 49.0 Å². The summed E-state index contributed by atoms with van der Waals surface area (Å²) >= 11 is 0. The van der Waals surface area contributed by atoms with Crippen LogP contribution in [0.1, 0.15) is 69.1 Å². The smallest absolute Gasteiger partial charge is 0.246 e. The lowest BCUT2D eigenvalue weighted by atomic mass is 9.87. The van der Waals surface area contributed by atoms with Crippen LogP contribution in [-0.2, 0) is 19.4 Å². The van der Waals surface area contributed by atoms with E-state index in [-0.39, 0.29) is 12.2 Å². The number of aryl methyl sites for hydroxylation is 3. The van der Waals surface area contributed by atoms with Crippen LogP contribution < -0.4 is 25.0 Å². The number of fused-ring (bicyclic) bond motifs is 1. The maximum atomic E-state index is 13.5. The third-order valence-corrected chi connectivity index (χ3v) is 10.7. The number of amides is 2. The van der Waals surface area contributed by atoms with Gasteiger partial charge in [-0.15, -0.1) is 10.2 Å². The number of carbonyl (C=O) groups excluding carboxylic acids is 2. The molecule has 57 heavy (non-hydrogen) atoms. The van der Waals surface area contributed by atoms with Gasteiger partial charge in [0.05, 0.1) is 30.8 Å². The molecule has 2 N–H and O–H groups in total. The Hall–Kier alpha value is -5.57. The van der Waals surface area contributed by atoms with E-state index >= 15 is 0 Å². The molecule has 5 rings (SSSR count). The number of ether oxygens (including phenoxy) is 2. The van der Waals surface area contributed by atoms with Gasteiger partial charge in [0, 0.05) is 42.1 Å². The van der Waals surface area contributed by atoms with Gasteiger partial charge in [0.1, 0.15) is 39.7 Å². The van der Waals surface area contributed by atoms with Crippen LogP contribution in [0.25, 0.3) is 11.4 Å². The number of hydrogen-bond donors (Lipinski definition) is 2. The summed E-state index contributed by atoms with van der Waals surface area (Å²) in [4.78, 5) is 32.9. The SMILES string of the molecule is CCN(CCOc1ccc(OC)cc1)c1ccc(/N=C2/C(C(C)(C)C)=Nn3c2nnc3-c2c(C)cc(C)c(NC(=O)C(CCS(C)(=O)=O)NC(C)=O)c2C)c(C)c1. The summed E-state index contributed by atoms with van der Waals surface area (Å²) in [6.07, 6.45) is 1.03. The molecule has 4 aromatic rings. The number of sulfone groups is 1. The Labute approximate surface area is 335 Å². The second kappa shape index (κ2) is 17.3. The van der Waals surface area contributed by atoms with E-state index in [1.165, 1.54) is 6.92 Å². The topological polar surface area (TPSA) is 169 Å². The molecule has 0 saturated heterocycles. The van der Waals surface area contributed by atoms with Crippen LogP contribution in [0, 0.1) is 33.1 Å². The minimum absolute atomic E-state index is 0.0649. The summed E-state index contributed by atoms with van der Waals surface area (Å²) in [5, 5.41) is 19.8. The van der Waals surface area contributed by atoms with Crippen molar-refractivity contribution in [3.63, 3.8) is 0 Å². The minimum atomic E-state index is -3.37. The molecule has 304 valence electrons. The van der Waals surface area contributed by atoms with Crippen LogP contribution >= 0.6 is 0 Å². The van der Waals surface area contributed by atoms with Gasteiger partial charge in [0.25, 0.3) is 0 Å². The lowest BCUT2D eigenvalue weighted by Crippen LogP contribution is -2.44. The van der Waals surface area contributed by atoms with Gasteiger partial charge in [-0.1, -0.05) is 26.8 Å². The maximum Gasteiger partial charge on any atom is 0.246 e. The number of rotatable bonds is 15. The van der Waals surface area contributed by atoms with Gasteiger partial charge in [0.2, 0.25) is 17.6 Å². The fraction of sp³-hybridized carbons (Fsp3) is 0.429. The second-order valence-electron chi connectivity index (χ2n) is 15.4. The normalized spacial score (nSPS) is 13.9. The summed E-state index contributed by atoms with van der Waals surface area (Å²) in [6, 6.07) is 14.7. The number of likely N-dealkylation sites (N-methyl/N-ethyl adjacent to an activating group) is 1. The van der Waals surface area contributed by atoms with E-state index in [2.05, 4.69) is 65.6 Å². The zero-order valence-corrected chi connectivity index (χ0v) is 35.6. The lowest BCUT2D eigenvalue weighted by Gasteiger charge is -2.24.